The lowest BCUT2D eigenvalue weighted by atomic mass is 9.89. The molecular weight excluding hydrogens is 248 g/mol. The number of nitrogens with one attached hydrogen (secondary N) is 1. The Bertz CT molecular complexity index is 482. The van der Waals surface area contributed by atoms with E-state index in [9.17, 15) is 4.79 Å². The summed E-state index contributed by atoms with van der Waals surface area (Å²) < 4.78 is 0. The number of nitrogens with two attached hydrogens (primary N) is 1. The molecule has 0 saturated carbocycles. The van der Waals surface area contributed by atoms with Gasteiger partial charge in [0.05, 0.1) is 12.1 Å². The third-order valence-corrected chi connectivity index (χ3v) is 4.25. The van der Waals surface area contributed by atoms with E-state index in [1.165, 1.54) is 36.0 Å². The molecule has 1 aromatic carbocycles. The molecule has 3 heteroatoms. The van der Waals surface area contributed by atoms with Crippen molar-refractivity contribution in [1.29, 1.82) is 0 Å². The Morgan fingerprint density at radius 3 is 2.45 bits per heavy atom. The highest BCUT2D eigenvalue weighted by Crippen LogP contribution is 2.24. The fourth-order valence-electron chi connectivity index (χ4n) is 2.72. The highest BCUT2D eigenvalue weighted by molar-refractivity contribution is 5.82. The Labute approximate surface area is 121 Å². The number of aryl methyl sites for hydroxylation is 2. The van der Waals surface area contributed by atoms with Crippen molar-refractivity contribution in [1.82, 2.24) is 5.32 Å². The minimum absolute atomic E-state index is 0.0135. The van der Waals surface area contributed by atoms with Gasteiger partial charge in [0.15, 0.2) is 0 Å². The summed E-state index contributed by atoms with van der Waals surface area (Å²) in [7, 11) is 0. The molecule has 20 heavy (non-hydrogen) atoms. The molecule has 0 saturated heterocycles. The summed E-state index contributed by atoms with van der Waals surface area (Å²) in [5.74, 6) is 0.0935. The first-order valence-corrected chi connectivity index (χ1v) is 7.66. The van der Waals surface area contributed by atoms with Crippen LogP contribution in [0.2, 0.25) is 0 Å². The number of rotatable bonds is 4. The van der Waals surface area contributed by atoms with Crippen LogP contribution in [-0.2, 0) is 17.6 Å². The molecule has 1 aromatic rings. The van der Waals surface area contributed by atoms with Gasteiger partial charge >= 0.3 is 0 Å². The molecule has 0 aromatic heterocycles. The second-order valence-electron chi connectivity index (χ2n) is 6.24. The lowest BCUT2D eigenvalue weighted by Gasteiger charge is -2.22. The van der Waals surface area contributed by atoms with Gasteiger partial charge in [0, 0.05) is 0 Å². The second-order valence-corrected chi connectivity index (χ2v) is 6.24. The standard InChI is InChI=1S/C17H26N2O/c1-11(2)16(18)17(20)19-12(3)14-9-8-13-6-4-5-7-15(13)10-14/h8-12,16H,4-7,18H2,1-3H3,(H,19,20)/t12?,16-/m1/s1. The number of benzene rings is 1. The minimum atomic E-state index is -0.435. The van der Waals surface area contributed by atoms with Crippen molar-refractivity contribution in [3.05, 3.63) is 34.9 Å². The number of carbonyl (C=O) groups excluding carboxylic acids is 1. The van der Waals surface area contributed by atoms with Crippen LogP contribution in [-0.4, -0.2) is 11.9 Å². The van der Waals surface area contributed by atoms with Gasteiger partial charge in [-0.1, -0.05) is 32.0 Å². The Morgan fingerprint density at radius 1 is 1.15 bits per heavy atom. The van der Waals surface area contributed by atoms with Gasteiger partial charge in [-0.25, -0.2) is 0 Å². The maximum Gasteiger partial charge on any atom is 0.237 e. The van der Waals surface area contributed by atoms with Crippen LogP contribution in [0.3, 0.4) is 0 Å². The Kier molecular flexibility index (Phi) is 4.81. The molecule has 0 bridgehead atoms. The van der Waals surface area contributed by atoms with E-state index in [0.29, 0.717) is 0 Å². The van der Waals surface area contributed by atoms with E-state index in [2.05, 4.69) is 23.5 Å². The highest BCUT2D eigenvalue weighted by atomic mass is 16.2. The van der Waals surface area contributed by atoms with Crippen molar-refractivity contribution in [2.45, 2.75) is 58.5 Å². The summed E-state index contributed by atoms with van der Waals surface area (Å²) in [5.41, 5.74) is 9.98. The molecule has 1 aliphatic carbocycles. The van der Waals surface area contributed by atoms with Crippen LogP contribution in [0.1, 0.15) is 56.3 Å². The SMILES string of the molecule is CC(NC(=O)[C@H](N)C(C)C)c1ccc2c(c1)CCCC2. The molecule has 0 heterocycles. The molecule has 0 radical (unpaired) electrons. The molecular formula is C17H26N2O. The van der Waals surface area contributed by atoms with Crippen molar-refractivity contribution >= 4 is 5.91 Å². The topological polar surface area (TPSA) is 55.1 Å². The van der Waals surface area contributed by atoms with Crippen LogP contribution in [0.4, 0.5) is 0 Å². The van der Waals surface area contributed by atoms with Crippen LogP contribution in [0.5, 0.6) is 0 Å². The predicted molar refractivity (Wildman–Crippen MR) is 82.5 cm³/mol. The lowest BCUT2D eigenvalue weighted by molar-refractivity contribution is -0.123. The first-order chi connectivity index (χ1) is 9.49. The monoisotopic (exact) mass is 274 g/mol. The van der Waals surface area contributed by atoms with Crippen molar-refractivity contribution in [3.63, 3.8) is 0 Å². The maximum absolute atomic E-state index is 12.0. The third-order valence-electron chi connectivity index (χ3n) is 4.25. The van der Waals surface area contributed by atoms with Crippen molar-refractivity contribution in [2.24, 2.45) is 11.7 Å². The molecule has 0 aliphatic heterocycles. The number of hydrogen-bond donors (Lipinski definition) is 2. The largest absolute Gasteiger partial charge is 0.348 e. The van der Waals surface area contributed by atoms with Gasteiger partial charge < -0.3 is 11.1 Å². The number of hydrogen-bond acceptors (Lipinski definition) is 2. The van der Waals surface area contributed by atoms with Gasteiger partial charge in [0.1, 0.15) is 0 Å². The van der Waals surface area contributed by atoms with E-state index in [4.69, 9.17) is 5.73 Å². The molecule has 1 unspecified atom stereocenters. The fraction of sp³-hybridized carbons (Fsp3) is 0.588. The van der Waals surface area contributed by atoms with Gasteiger partial charge in [0.25, 0.3) is 0 Å². The van der Waals surface area contributed by atoms with E-state index in [-0.39, 0.29) is 17.9 Å². The zero-order valence-corrected chi connectivity index (χ0v) is 12.8. The lowest BCUT2D eigenvalue weighted by Crippen LogP contribution is -2.44. The molecule has 3 N–H and O–H groups in total. The van der Waals surface area contributed by atoms with Gasteiger partial charge in [-0.15, -0.1) is 0 Å². The van der Waals surface area contributed by atoms with Gasteiger partial charge in [0.2, 0.25) is 5.91 Å². The summed E-state index contributed by atoms with van der Waals surface area (Å²) in [6.07, 6.45) is 4.92. The summed E-state index contributed by atoms with van der Waals surface area (Å²) >= 11 is 0. The summed E-state index contributed by atoms with van der Waals surface area (Å²) in [6.45, 7) is 5.96. The summed E-state index contributed by atoms with van der Waals surface area (Å²) in [6, 6.07) is 6.18. The zero-order chi connectivity index (χ0) is 14.7. The molecule has 3 nitrogen and oxygen atoms in total. The molecule has 1 aliphatic rings. The number of carbonyl (C=O) groups is 1. The van der Waals surface area contributed by atoms with Crippen LogP contribution < -0.4 is 11.1 Å². The fourth-order valence-corrected chi connectivity index (χ4v) is 2.72. The van der Waals surface area contributed by atoms with Crippen LogP contribution in [0.25, 0.3) is 0 Å². The molecule has 0 fully saturated rings. The quantitative estimate of drug-likeness (QED) is 0.887. The molecule has 110 valence electrons. The first kappa shape index (κ1) is 15.0. The molecule has 2 rings (SSSR count). The Hall–Kier alpha value is -1.35. The average molecular weight is 274 g/mol. The van der Waals surface area contributed by atoms with E-state index >= 15 is 0 Å². The second kappa shape index (κ2) is 6.40. The van der Waals surface area contributed by atoms with E-state index in [0.717, 1.165) is 6.42 Å². The average Bonchev–Trinajstić information content (AvgIpc) is 2.45. The zero-order valence-electron chi connectivity index (χ0n) is 12.8. The molecule has 1 amide bonds. The number of amides is 1. The maximum atomic E-state index is 12.0. The third kappa shape index (κ3) is 3.40. The Balaban J connectivity index is 2.06. The van der Waals surface area contributed by atoms with Crippen molar-refractivity contribution < 1.29 is 4.79 Å². The normalized spacial score (nSPS) is 17.4. The number of fused-ring (bicyclic) bond motifs is 1. The smallest absolute Gasteiger partial charge is 0.237 e. The highest BCUT2D eigenvalue weighted by Gasteiger charge is 2.20. The van der Waals surface area contributed by atoms with E-state index in [1.54, 1.807) is 0 Å². The van der Waals surface area contributed by atoms with Crippen LogP contribution in [0.15, 0.2) is 18.2 Å². The van der Waals surface area contributed by atoms with Gasteiger partial charge in [-0.05, 0) is 55.2 Å². The van der Waals surface area contributed by atoms with Gasteiger partial charge in [-0.2, -0.15) is 0 Å². The summed E-state index contributed by atoms with van der Waals surface area (Å²) in [5, 5.41) is 3.02. The molecule has 2 atom stereocenters. The predicted octanol–water partition coefficient (Wildman–Crippen LogP) is 2.73. The Morgan fingerprint density at radius 2 is 1.80 bits per heavy atom. The van der Waals surface area contributed by atoms with Crippen molar-refractivity contribution in [2.75, 3.05) is 0 Å². The van der Waals surface area contributed by atoms with E-state index < -0.39 is 6.04 Å². The van der Waals surface area contributed by atoms with Crippen LogP contribution in [0, 0.1) is 5.92 Å². The van der Waals surface area contributed by atoms with Crippen LogP contribution >= 0.6 is 0 Å². The summed E-state index contributed by atoms with van der Waals surface area (Å²) in [4.78, 5) is 12.0. The van der Waals surface area contributed by atoms with E-state index in [1.807, 2.05) is 20.8 Å². The molecule has 0 spiro atoms. The van der Waals surface area contributed by atoms with Crippen molar-refractivity contribution in [3.8, 4) is 0 Å². The minimum Gasteiger partial charge on any atom is -0.348 e. The van der Waals surface area contributed by atoms with Gasteiger partial charge in [-0.3, -0.25) is 4.79 Å². The first-order valence-electron chi connectivity index (χ1n) is 7.66.